The average Bonchev–Trinajstić information content (AvgIpc) is 3.25. The van der Waals surface area contributed by atoms with E-state index in [1.54, 1.807) is 36.5 Å². The first kappa shape index (κ1) is 27.4. The normalized spacial score (nSPS) is 26.2. The molecule has 210 valence electrons. The number of anilines is 1. The molecule has 0 spiro atoms. The number of fused-ring (bicyclic) bond motifs is 1. The van der Waals surface area contributed by atoms with Crippen molar-refractivity contribution in [2.45, 2.75) is 43.7 Å². The molecule has 2 aliphatic rings. The molecule has 0 amide bonds. The molecule has 0 aliphatic carbocycles. The fourth-order valence-electron chi connectivity index (χ4n) is 4.84. The van der Waals surface area contributed by atoms with Crippen molar-refractivity contribution in [3.63, 3.8) is 0 Å². The summed E-state index contributed by atoms with van der Waals surface area (Å²) in [5, 5.41) is 43.8. The molecule has 4 N–H and O–H groups in total. The lowest BCUT2D eigenvalue weighted by molar-refractivity contribution is -0.271. The third-order valence-electron chi connectivity index (χ3n) is 7.04. The molecule has 0 saturated carbocycles. The molecule has 13 nitrogen and oxygen atoms in total. The molecule has 14 heteroatoms. The minimum absolute atomic E-state index is 0.137. The standard InChI is InChI=1S/C25H30ClN5O8/c26-16-14-15(5-6-17(16)38-24-21(34)19(32)20(33)22(39-24)23(35)36)29-12-10-28(11-13-29)7-3-9-31-25(37)30-8-2-1-4-18(30)27-31/h1-2,4-6,8,14,19-22,24,32-34H,3,7,9-13H2,(H,35,36)/t19-,20+,21?,22?,24-/m1/s1. The second-order valence-electron chi connectivity index (χ2n) is 9.58. The summed E-state index contributed by atoms with van der Waals surface area (Å²) in [5.41, 5.74) is 1.36. The molecule has 1 aromatic carbocycles. The molecule has 2 fully saturated rings. The molecule has 5 rings (SSSR count). The number of carboxylic acid groups (broad SMARTS) is 1. The SMILES string of the molecule is O=C(O)C1O[C@@H](Oc2ccc(N3CCN(CCCn4nc5ccccn5c4=O)CC3)cc2Cl)C(O)[C@H](O)[C@@H]1O. The zero-order valence-corrected chi connectivity index (χ0v) is 21.7. The first-order valence-corrected chi connectivity index (χ1v) is 13.0. The van der Waals surface area contributed by atoms with Crippen LogP contribution in [0.3, 0.4) is 0 Å². The monoisotopic (exact) mass is 563 g/mol. The highest BCUT2D eigenvalue weighted by Gasteiger charge is 2.48. The summed E-state index contributed by atoms with van der Waals surface area (Å²) in [6.07, 6.45) is -6.03. The van der Waals surface area contributed by atoms with Crippen molar-refractivity contribution in [1.29, 1.82) is 0 Å². The van der Waals surface area contributed by atoms with Crippen LogP contribution < -0.4 is 15.3 Å². The highest BCUT2D eigenvalue weighted by Crippen LogP contribution is 2.33. The van der Waals surface area contributed by atoms with E-state index in [4.69, 9.17) is 21.1 Å². The van der Waals surface area contributed by atoms with Crippen molar-refractivity contribution in [2.75, 3.05) is 37.6 Å². The van der Waals surface area contributed by atoms with Gasteiger partial charge in [0.05, 0.1) is 5.02 Å². The van der Waals surface area contributed by atoms with E-state index in [0.717, 1.165) is 44.8 Å². The lowest BCUT2D eigenvalue weighted by Crippen LogP contribution is -2.61. The summed E-state index contributed by atoms with van der Waals surface area (Å²) in [5.74, 6) is -1.36. The summed E-state index contributed by atoms with van der Waals surface area (Å²) < 4.78 is 13.8. The Morgan fingerprint density at radius 3 is 2.51 bits per heavy atom. The maximum Gasteiger partial charge on any atom is 0.350 e. The van der Waals surface area contributed by atoms with Gasteiger partial charge in [-0.3, -0.25) is 9.30 Å². The van der Waals surface area contributed by atoms with Crippen LogP contribution in [0.25, 0.3) is 5.65 Å². The Labute approximate surface area is 228 Å². The van der Waals surface area contributed by atoms with Crippen molar-refractivity contribution in [2.24, 2.45) is 0 Å². The van der Waals surface area contributed by atoms with Crippen LogP contribution in [-0.4, -0.2) is 109 Å². The van der Waals surface area contributed by atoms with E-state index in [1.807, 2.05) is 6.07 Å². The lowest BCUT2D eigenvalue weighted by Gasteiger charge is -2.38. The number of nitrogens with zero attached hydrogens (tertiary/aromatic N) is 5. The maximum atomic E-state index is 12.4. The number of pyridine rings is 1. The van der Waals surface area contributed by atoms with Crippen molar-refractivity contribution < 1.29 is 34.7 Å². The number of aliphatic carboxylic acids is 1. The summed E-state index contributed by atoms with van der Waals surface area (Å²) in [6.45, 7) is 4.56. The van der Waals surface area contributed by atoms with Gasteiger partial charge < -0.3 is 34.8 Å². The quantitative estimate of drug-likeness (QED) is 0.283. The smallest absolute Gasteiger partial charge is 0.350 e. The number of aromatic nitrogens is 3. The summed E-state index contributed by atoms with van der Waals surface area (Å²) in [7, 11) is 0. The van der Waals surface area contributed by atoms with E-state index in [2.05, 4.69) is 14.9 Å². The van der Waals surface area contributed by atoms with E-state index in [9.17, 15) is 30.0 Å². The van der Waals surface area contributed by atoms with Crippen LogP contribution in [0.2, 0.25) is 5.02 Å². The number of benzene rings is 1. The van der Waals surface area contributed by atoms with E-state index in [-0.39, 0.29) is 16.5 Å². The molecule has 3 aromatic rings. The Balaban J connectivity index is 1.13. The zero-order chi connectivity index (χ0) is 27.7. The number of ether oxygens (including phenoxy) is 2. The van der Waals surface area contributed by atoms with Crippen LogP contribution >= 0.6 is 11.6 Å². The first-order valence-electron chi connectivity index (χ1n) is 12.6. The van der Waals surface area contributed by atoms with Crippen LogP contribution in [0.4, 0.5) is 5.69 Å². The van der Waals surface area contributed by atoms with E-state index in [1.165, 1.54) is 9.08 Å². The number of carboxylic acids is 1. The molecule has 0 radical (unpaired) electrons. The number of hydrogen-bond acceptors (Lipinski definition) is 10. The van der Waals surface area contributed by atoms with Gasteiger partial charge in [0.2, 0.25) is 6.29 Å². The Morgan fingerprint density at radius 1 is 1.05 bits per heavy atom. The topological polar surface area (TPSA) is 162 Å². The zero-order valence-electron chi connectivity index (χ0n) is 20.9. The summed E-state index contributed by atoms with van der Waals surface area (Å²) in [4.78, 5) is 28.2. The predicted octanol–water partition coefficient (Wildman–Crippen LogP) is -0.367. The van der Waals surface area contributed by atoms with E-state index in [0.29, 0.717) is 12.2 Å². The van der Waals surface area contributed by atoms with Crippen molar-refractivity contribution in [3.8, 4) is 5.75 Å². The Kier molecular flexibility index (Phi) is 8.07. The van der Waals surface area contributed by atoms with Crippen LogP contribution in [-0.2, 0) is 16.1 Å². The fraction of sp³-hybridized carbons (Fsp3) is 0.480. The van der Waals surface area contributed by atoms with Crippen molar-refractivity contribution >= 4 is 28.9 Å². The summed E-state index contributed by atoms with van der Waals surface area (Å²) in [6, 6.07) is 10.5. The second kappa shape index (κ2) is 11.5. The number of aliphatic hydroxyl groups excluding tert-OH is 3. The predicted molar refractivity (Wildman–Crippen MR) is 139 cm³/mol. The summed E-state index contributed by atoms with van der Waals surface area (Å²) >= 11 is 6.41. The minimum Gasteiger partial charge on any atom is -0.479 e. The average molecular weight is 564 g/mol. The van der Waals surface area contributed by atoms with Gasteiger partial charge >= 0.3 is 11.7 Å². The molecule has 5 atom stereocenters. The van der Waals surface area contributed by atoms with Gasteiger partial charge in [-0.2, -0.15) is 0 Å². The molecule has 39 heavy (non-hydrogen) atoms. The second-order valence-corrected chi connectivity index (χ2v) is 9.99. The van der Waals surface area contributed by atoms with E-state index >= 15 is 0 Å². The largest absolute Gasteiger partial charge is 0.479 e. The van der Waals surface area contributed by atoms with Gasteiger partial charge in [-0.25, -0.2) is 14.3 Å². The molecule has 2 unspecified atom stereocenters. The van der Waals surface area contributed by atoms with Gasteiger partial charge in [0.15, 0.2) is 11.8 Å². The lowest BCUT2D eigenvalue weighted by atomic mass is 9.99. The van der Waals surface area contributed by atoms with Gasteiger partial charge in [-0.1, -0.05) is 17.7 Å². The van der Waals surface area contributed by atoms with E-state index < -0.39 is 36.7 Å². The number of halogens is 1. The van der Waals surface area contributed by atoms with Gasteiger partial charge in [0.1, 0.15) is 24.1 Å². The number of aliphatic hydroxyl groups is 3. The molecular weight excluding hydrogens is 534 g/mol. The number of carbonyl (C=O) groups is 1. The van der Waals surface area contributed by atoms with Crippen LogP contribution in [0.15, 0.2) is 47.4 Å². The van der Waals surface area contributed by atoms with Gasteiger partial charge in [0.25, 0.3) is 0 Å². The number of rotatable bonds is 8. The van der Waals surface area contributed by atoms with Crippen LogP contribution in [0, 0.1) is 0 Å². The first-order chi connectivity index (χ1) is 18.7. The fourth-order valence-corrected chi connectivity index (χ4v) is 5.06. The molecule has 2 saturated heterocycles. The number of piperazine rings is 1. The molecule has 0 bridgehead atoms. The Morgan fingerprint density at radius 2 is 1.82 bits per heavy atom. The van der Waals surface area contributed by atoms with Gasteiger partial charge in [-0.15, -0.1) is 5.10 Å². The Bertz CT molecular complexity index is 1370. The number of hydrogen-bond donors (Lipinski definition) is 4. The molecule has 2 aliphatic heterocycles. The van der Waals surface area contributed by atoms with Gasteiger partial charge in [0, 0.05) is 51.2 Å². The van der Waals surface area contributed by atoms with Gasteiger partial charge in [-0.05, 0) is 36.8 Å². The molecule has 4 heterocycles. The minimum atomic E-state index is -1.80. The Hall–Kier alpha value is -3.20. The maximum absolute atomic E-state index is 12.4. The molecular formula is C25H30ClN5O8. The van der Waals surface area contributed by atoms with Crippen LogP contribution in [0.1, 0.15) is 6.42 Å². The van der Waals surface area contributed by atoms with Crippen molar-refractivity contribution in [3.05, 3.63) is 58.1 Å². The van der Waals surface area contributed by atoms with Crippen molar-refractivity contribution in [1.82, 2.24) is 19.1 Å². The highest BCUT2D eigenvalue weighted by atomic mass is 35.5. The third kappa shape index (κ3) is 5.73. The number of aryl methyl sites for hydroxylation is 1. The van der Waals surface area contributed by atoms with Crippen LogP contribution in [0.5, 0.6) is 5.75 Å². The third-order valence-corrected chi connectivity index (χ3v) is 7.34. The highest BCUT2D eigenvalue weighted by molar-refractivity contribution is 6.32. The molecule has 2 aromatic heterocycles.